The molecule has 1 amide bonds. The normalized spacial score (nSPS) is 21.5. The second-order valence-electron chi connectivity index (χ2n) is 6.95. The molecule has 2 aliphatic rings. The van der Waals surface area contributed by atoms with E-state index < -0.39 is 11.5 Å². The van der Waals surface area contributed by atoms with E-state index in [1.807, 2.05) is 6.07 Å². The number of carbonyl (C=O) groups excluding carboxylic acids is 2. The lowest BCUT2D eigenvalue weighted by Gasteiger charge is -2.25. The van der Waals surface area contributed by atoms with Crippen LogP contribution in [0, 0.1) is 5.92 Å². The molecule has 4 rings (SSSR count). The molecule has 1 aliphatic carbocycles. The van der Waals surface area contributed by atoms with E-state index in [1.165, 1.54) is 17.8 Å². The molecule has 28 heavy (non-hydrogen) atoms. The fourth-order valence-electron chi connectivity index (χ4n) is 3.89. The largest absolute Gasteiger partial charge is 0.463 e. The van der Waals surface area contributed by atoms with Gasteiger partial charge < -0.3 is 14.5 Å². The van der Waals surface area contributed by atoms with Crippen molar-refractivity contribution in [3.05, 3.63) is 56.9 Å². The number of para-hydroxylation sites is 1. The predicted molar refractivity (Wildman–Crippen MR) is 107 cm³/mol. The highest BCUT2D eigenvalue weighted by Gasteiger charge is 2.41. The van der Waals surface area contributed by atoms with Crippen LogP contribution >= 0.6 is 11.8 Å². The molecular weight excluding hydrogens is 378 g/mol. The van der Waals surface area contributed by atoms with Crippen LogP contribution in [-0.4, -0.2) is 23.7 Å². The van der Waals surface area contributed by atoms with E-state index in [4.69, 9.17) is 9.15 Å². The van der Waals surface area contributed by atoms with Crippen LogP contribution < -0.4 is 10.9 Å². The quantitative estimate of drug-likeness (QED) is 0.624. The first kappa shape index (κ1) is 18.8. The maximum atomic E-state index is 12.8. The standard InChI is InChI=1S/C21H21NO5S/c1-2-26-21(25)17-13-8-4-6-10-16(13)28-19(17)22-18(23)14-11-12-7-3-5-9-15(12)27-20(14)24/h3,5,7,9,11,13,16H,2,4,6,8,10H2,1H3,(H,22,23)/t13-,16+/m0/s1. The van der Waals surface area contributed by atoms with Crippen molar-refractivity contribution in [1.29, 1.82) is 0 Å². The number of rotatable bonds is 4. The Balaban J connectivity index is 1.66. The van der Waals surface area contributed by atoms with Gasteiger partial charge in [0.15, 0.2) is 0 Å². The Morgan fingerprint density at radius 1 is 1.25 bits per heavy atom. The van der Waals surface area contributed by atoms with Crippen molar-refractivity contribution in [2.24, 2.45) is 5.92 Å². The van der Waals surface area contributed by atoms with Gasteiger partial charge in [-0.2, -0.15) is 0 Å². The Labute approximate surface area is 166 Å². The number of esters is 1. The molecule has 1 saturated carbocycles. The molecule has 0 unspecified atom stereocenters. The number of ether oxygens (including phenoxy) is 1. The molecule has 146 valence electrons. The molecule has 1 aromatic carbocycles. The molecule has 0 radical (unpaired) electrons. The predicted octanol–water partition coefficient (Wildman–Crippen LogP) is 3.60. The van der Waals surface area contributed by atoms with Crippen molar-refractivity contribution in [2.75, 3.05) is 6.61 Å². The van der Waals surface area contributed by atoms with Crippen molar-refractivity contribution < 1.29 is 18.7 Å². The highest BCUT2D eigenvalue weighted by atomic mass is 32.2. The fraction of sp³-hybridized carbons (Fsp3) is 0.381. The monoisotopic (exact) mass is 399 g/mol. The van der Waals surface area contributed by atoms with Crippen molar-refractivity contribution in [3.63, 3.8) is 0 Å². The summed E-state index contributed by atoms with van der Waals surface area (Å²) in [6.45, 7) is 2.04. The lowest BCUT2D eigenvalue weighted by Crippen LogP contribution is -2.28. The van der Waals surface area contributed by atoms with E-state index >= 15 is 0 Å². The smallest absolute Gasteiger partial charge is 0.349 e. The summed E-state index contributed by atoms with van der Waals surface area (Å²) >= 11 is 1.50. The van der Waals surface area contributed by atoms with Gasteiger partial charge in [0.1, 0.15) is 11.1 Å². The summed E-state index contributed by atoms with van der Waals surface area (Å²) in [5.41, 5.74) is 0.187. The molecule has 1 aliphatic heterocycles. The van der Waals surface area contributed by atoms with Gasteiger partial charge in [-0.25, -0.2) is 9.59 Å². The van der Waals surface area contributed by atoms with E-state index in [1.54, 1.807) is 25.1 Å². The maximum absolute atomic E-state index is 12.8. The first-order chi connectivity index (χ1) is 13.6. The third-order valence-electron chi connectivity index (χ3n) is 5.20. The van der Waals surface area contributed by atoms with Gasteiger partial charge in [-0.1, -0.05) is 31.0 Å². The molecule has 1 fully saturated rings. The Hall–Kier alpha value is -2.54. The molecule has 2 aromatic rings. The number of benzene rings is 1. The van der Waals surface area contributed by atoms with Gasteiger partial charge in [0, 0.05) is 16.6 Å². The van der Waals surface area contributed by atoms with Gasteiger partial charge >= 0.3 is 11.6 Å². The Kier molecular flexibility index (Phi) is 5.26. The SMILES string of the molecule is CCOC(=O)C1=C(NC(=O)c2cc3ccccc3oc2=O)S[C@@H]2CCCC[C@H]12. The number of thioether (sulfide) groups is 1. The van der Waals surface area contributed by atoms with Crippen molar-refractivity contribution in [3.8, 4) is 0 Å². The minimum absolute atomic E-state index is 0.0788. The average Bonchev–Trinajstić information content (AvgIpc) is 3.05. The maximum Gasteiger partial charge on any atom is 0.349 e. The van der Waals surface area contributed by atoms with Crippen molar-refractivity contribution in [1.82, 2.24) is 5.32 Å². The lowest BCUT2D eigenvalue weighted by atomic mass is 9.84. The molecule has 2 atom stereocenters. The topological polar surface area (TPSA) is 85.6 Å². The molecule has 6 nitrogen and oxygen atoms in total. The summed E-state index contributed by atoms with van der Waals surface area (Å²) in [6, 6.07) is 8.55. The number of carbonyl (C=O) groups is 2. The summed E-state index contributed by atoms with van der Waals surface area (Å²) in [5.74, 6) is -0.867. The molecule has 1 N–H and O–H groups in total. The summed E-state index contributed by atoms with van der Waals surface area (Å²) in [4.78, 5) is 37.6. The van der Waals surface area contributed by atoms with E-state index in [0.717, 1.165) is 25.7 Å². The molecule has 0 spiro atoms. The zero-order valence-corrected chi connectivity index (χ0v) is 16.3. The van der Waals surface area contributed by atoms with Crippen molar-refractivity contribution >= 4 is 34.6 Å². The van der Waals surface area contributed by atoms with Gasteiger partial charge in [0.2, 0.25) is 0 Å². The van der Waals surface area contributed by atoms with Gasteiger partial charge in [0.05, 0.1) is 17.2 Å². The Morgan fingerprint density at radius 3 is 2.86 bits per heavy atom. The van der Waals surface area contributed by atoms with Crippen LogP contribution in [0.3, 0.4) is 0 Å². The molecule has 2 heterocycles. The first-order valence-electron chi connectivity index (χ1n) is 9.50. The van der Waals surface area contributed by atoms with E-state index in [2.05, 4.69) is 5.32 Å². The second kappa shape index (κ2) is 7.83. The number of fused-ring (bicyclic) bond motifs is 2. The first-order valence-corrected chi connectivity index (χ1v) is 10.4. The van der Waals surface area contributed by atoms with Crippen molar-refractivity contribution in [2.45, 2.75) is 37.9 Å². The summed E-state index contributed by atoms with van der Waals surface area (Å²) < 4.78 is 10.5. The third-order valence-corrected chi connectivity index (χ3v) is 6.62. The Morgan fingerprint density at radius 2 is 2.04 bits per heavy atom. The van der Waals surface area contributed by atoms with Gasteiger partial charge in [-0.3, -0.25) is 4.79 Å². The number of hydrogen-bond donors (Lipinski definition) is 1. The highest BCUT2D eigenvalue weighted by Crippen LogP contribution is 2.48. The van der Waals surface area contributed by atoms with Crippen LogP contribution in [0.25, 0.3) is 11.0 Å². The zero-order valence-electron chi connectivity index (χ0n) is 15.5. The van der Waals surface area contributed by atoms with E-state index in [9.17, 15) is 14.4 Å². The van der Waals surface area contributed by atoms with E-state index in [-0.39, 0.29) is 29.3 Å². The van der Waals surface area contributed by atoms with Crippen LogP contribution in [0.4, 0.5) is 0 Å². The van der Waals surface area contributed by atoms with Gasteiger partial charge in [-0.05, 0) is 31.9 Å². The molecular formula is C21H21NO5S. The average molecular weight is 399 g/mol. The summed E-state index contributed by atoms with van der Waals surface area (Å²) in [6.07, 6.45) is 4.07. The number of hydrogen-bond acceptors (Lipinski definition) is 6. The van der Waals surface area contributed by atoms with Crippen LogP contribution in [0.15, 0.2) is 50.1 Å². The molecule has 0 bridgehead atoms. The summed E-state index contributed by atoms with van der Waals surface area (Å²) in [7, 11) is 0. The highest BCUT2D eigenvalue weighted by molar-refractivity contribution is 8.04. The van der Waals surface area contributed by atoms with Gasteiger partial charge in [-0.15, -0.1) is 11.8 Å². The molecule has 1 aromatic heterocycles. The minimum atomic E-state index is -0.699. The summed E-state index contributed by atoms with van der Waals surface area (Å²) in [5, 5.41) is 4.22. The van der Waals surface area contributed by atoms with Crippen LogP contribution in [-0.2, 0) is 9.53 Å². The zero-order chi connectivity index (χ0) is 19.7. The minimum Gasteiger partial charge on any atom is -0.463 e. The number of amides is 1. The van der Waals surface area contributed by atoms with Gasteiger partial charge in [0.25, 0.3) is 5.91 Å². The third kappa shape index (κ3) is 3.46. The second-order valence-corrected chi connectivity index (χ2v) is 8.20. The van der Waals surface area contributed by atoms with Crippen LogP contribution in [0.1, 0.15) is 43.0 Å². The molecule has 0 saturated heterocycles. The number of nitrogens with one attached hydrogen (secondary N) is 1. The van der Waals surface area contributed by atoms with Crippen LogP contribution in [0.2, 0.25) is 0 Å². The van der Waals surface area contributed by atoms with Crippen LogP contribution in [0.5, 0.6) is 0 Å². The van der Waals surface area contributed by atoms with E-state index in [0.29, 0.717) is 21.6 Å². The Bertz CT molecular complexity index is 1020. The lowest BCUT2D eigenvalue weighted by molar-refractivity contribution is -0.139. The fourth-order valence-corrected chi connectivity index (χ4v) is 5.43. The molecule has 7 heteroatoms.